The average molecular weight is 379 g/mol. The number of nitrogens with two attached hydrogens (primary N) is 1. The summed E-state index contributed by atoms with van der Waals surface area (Å²) in [5, 5.41) is 6.70. The maximum Gasteiger partial charge on any atom is 0.251 e. The number of amides is 1. The summed E-state index contributed by atoms with van der Waals surface area (Å²) in [5.41, 5.74) is 8.65. The van der Waals surface area contributed by atoms with Crippen LogP contribution in [0.3, 0.4) is 0 Å². The van der Waals surface area contributed by atoms with E-state index in [0.29, 0.717) is 11.2 Å². The van der Waals surface area contributed by atoms with E-state index in [1.54, 1.807) is 41.0 Å². The van der Waals surface area contributed by atoms with Gasteiger partial charge < -0.3 is 11.1 Å². The summed E-state index contributed by atoms with van der Waals surface area (Å²) in [7, 11) is 0. The molecule has 4 rings (SSSR count). The number of carbonyl (C=O) groups excluding carboxylic acids is 1. The van der Waals surface area contributed by atoms with Crippen molar-refractivity contribution >= 4 is 17.5 Å². The van der Waals surface area contributed by atoms with Crippen LogP contribution < -0.4 is 11.1 Å². The first-order valence-corrected chi connectivity index (χ1v) is 8.44. The van der Waals surface area contributed by atoms with Gasteiger partial charge in [-0.05, 0) is 35.9 Å². The van der Waals surface area contributed by atoms with E-state index in [2.05, 4.69) is 15.4 Å². The van der Waals surface area contributed by atoms with Gasteiger partial charge in [-0.15, -0.1) is 5.10 Å². The highest BCUT2D eigenvalue weighted by molar-refractivity contribution is 5.94. The molecule has 0 fully saturated rings. The molecule has 0 bridgehead atoms. The average Bonchev–Trinajstić information content (AvgIpc) is 3.06. The molecule has 0 atom stereocenters. The van der Waals surface area contributed by atoms with Gasteiger partial charge in [0.05, 0.1) is 0 Å². The standard InChI is InChI=1S/C20H15F2N5O/c21-16-7-5-14(17(22)9-16)10-24-19(28)13-3-1-12(2-4-13)15-6-8-18-25-20(23)26-27(18)11-15/h1-9,11H,10H2,(H2,23,26)(H,24,28). The summed E-state index contributed by atoms with van der Waals surface area (Å²) in [6.07, 6.45) is 1.80. The van der Waals surface area contributed by atoms with E-state index in [-0.39, 0.29) is 24.0 Å². The van der Waals surface area contributed by atoms with Crippen molar-refractivity contribution in [1.29, 1.82) is 0 Å². The zero-order chi connectivity index (χ0) is 19.7. The molecule has 2 aromatic heterocycles. The molecule has 4 aromatic rings. The lowest BCUT2D eigenvalue weighted by Gasteiger charge is -2.08. The van der Waals surface area contributed by atoms with E-state index in [1.807, 2.05) is 6.07 Å². The van der Waals surface area contributed by atoms with Crippen LogP contribution in [0.5, 0.6) is 0 Å². The van der Waals surface area contributed by atoms with Crippen LogP contribution in [0, 0.1) is 11.6 Å². The van der Waals surface area contributed by atoms with Crippen LogP contribution in [0.2, 0.25) is 0 Å². The third kappa shape index (κ3) is 3.52. The van der Waals surface area contributed by atoms with Crippen molar-refractivity contribution in [3.63, 3.8) is 0 Å². The second-order valence-electron chi connectivity index (χ2n) is 6.19. The predicted molar refractivity (Wildman–Crippen MR) is 100 cm³/mol. The topological polar surface area (TPSA) is 85.3 Å². The number of nitrogens with one attached hydrogen (secondary N) is 1. The van der Waals surface area contributed by atoms with Gasteiger partial charge in [0.25, 0.3) is 5.91 Å². The number of rotatable bonds is 4. The van der Waals surface area contributed by atoms with Crippen molar-refractivity contribution in [2.45, 2.75) is 6.54 Å². The largest absolute Gasteiger partial charge is 0.366 e. The van der Waals surface area contributed by atoms with E-state index < -0.39 is 11.6 Å². The second kappa shape index (κ2) is 7.07. The van der Waals surface area contributed by atoms with Crippen molar-refractivity contribution in [2.24, 2.45) is 0 Å². The van der Waals surface area contributed by atoms with Gasteiger partial charge in [-0.1, -0.05) is 18.2 Å². The van der Waals surface area contributed by atoms with E-state index in [0.717, 1.165) is 23.3 Å². The van der Waals surface area contributed by atoms with Gasteiger partial charge in [0.15, 0.2) is 5.65 Å². The molecule has 0 spiro atoms. The van der Waals surface area contributed by atoms with Gasteiger partial charge in [0.2, 0.25) is 5.95 Å². The Bertz CT molecular complexity index is 1170. The SMILES string of the molecule is Nc1nc2ccc(-c3ccc(C(=O)NCc4ccc(F)cc4F)cc3)cn2n1. The Morgan fingerprint density at radius 3 is 2.54 bits per heavy atom. The van der Waals surface area contributed by atoms with Crippen molar-refractivity contribution in [1.82, 2.24) is 19.9 Å². The highest BCUT2D eigenvalue weighted by Gasteiger charge is 2.09. The number of anilines is 1. The summed E-state index contributed by atoms with van der Waals surface area (Å²) >= 11 is 0. The molecular formula is C20H15F2N5O. The smallest absolute Gasteiger partial charge is 0.251 e. The number of fused-ring (bicyclic) bond motifs is 1. The number of nitrogens with zero attached hydrogens (tertiary/aromatic N) is 3. The Labute approximate surface area is 158 Å². The summed E-state index contributed by atoms with van der Waals surface area (Å²) in [6, 6.07) is 13.9. The Balaban J connectivity index is 1.47. The van der Waals surface area contributed by atoms with Crippen molar-refractivity contribution < 1.29 is 13.6 Å². The highest BCUT2D eigenvalue weighted by atomic mass is 19.1. The first kappa shape index (κ1) is 17.6. The van der Waals surface area contributed by atoms with Gasteiger partial charge in [-0.3, -0.25) is 4.79 Å². The molecule has 140 valence electrons. The zero-order valence-corrected chi connectivity index (χ0v) is 14.6. The van der Waals surface area contributed by atoms with Gasteiger partial charge >= 0.3 is 0 Å². The molecule has 0 aliphatic carbocycles. The lowest BCUT2D eigenvalue weighted by atomic mass is 10.1. The lowest BCUT2D eigenvalue weighted by molar-refractivity contribution is 0.0950. The Morgan fingerprint density at radius 1 is 1.04 bits per heavy atom. The number of carbonyl (C=O) groups is 1. The first-order valence-electron chi connectivity index (χ1n) is 8.44. The van der Waals surface area contributed by atoms with Gasteiger partial charge in [0, 0.05) is 35.5 Å². The molecule has 0 unspecified atom stereocenters. The fourth-order valence-corrected chi connectivity index (χ4v) is 2.83. The fourth-order valence-electron chi connectivity index (χ4n) is 2.83. The third-order valence-corrected chi connectivity index (χ3v) is 4.28. The van der Waals surface area contributed by atoms with E-state index >= 15 is 0 Å². The molecule has 2 aromatic carbocycles. The fraction of sp³-hybridized carbons (Fsp3) is 0.0500. The summed E-state index contributed by atoms with van der Waals surface area (Å²) in [6.45, 7) is -0.0307. The second-order valence-corrected chi connectivity index (χ2v) is 6.19. The molecular weight excluding hydrogens is 364 g/mol. The van der Waals surface area contributed by atoms with Gasteiger partial charge in [0.1, 0.15) is 11.6 Å². The highest BCUT2D eigenvalue weighted by Crippen LogP contribution is 2.20. The maximum absolute atomic E-state index is 13.6. The lowest BCUT2D eigenvalue weighted by Crippen LogP contribution is -2.23. The van der Waals surface area contributed by atoms with Crippen LogP contribution in [0.15, 0.2) is 60.8 Å². The quantitative estimate of drug-likeness (QED) is 0.570. The Kier molecular flexibility index (Phi) is 4.44. The number of hydrogen-bond acceptors (Lipinski definition) is 4. The molecule has 6 nitrogen and oxygen atoms in total. The van der Waals surface area contributed by atoms with Crippen LogP contribution in [0.1, 0.15) is 15.9 Å². The zero-order valence-electron chi connectivity index (χ0n) is 14.6. The summed E-state index contributed by atoms with van der Waals surface area (Å²) < 4.78 is 28.2. The molecule has 8 heteroatoms. The van der Waals surface area contributed by atoms with Crippen LogP contribution in [-0.2, 0) is 6.54 Å². The van der Waals surface area contributed by atoms with Crippen LogP contribution in [0.4, 0.5) is 14.7 Å². The minimum atomic E-state index is -0.695. The van der Waals surface area contributed by atoms with E-state index in [9.17, 15) is 13.6 Å². The molecule has 0 aliphatic heterocycles. The van der Waals surface area contributed by atoms with E-state index in [1.165, 1.54) is 6.07 Å². The number of pyridine rings is 1. The Morgan fingerprint density at radius 2 is 1.79 bits per heavy atom. The molecule has 0 saturated heterocycles. The van der Waals surface area contributed by atoms with Crippen LogP contribution >= 0.6 is 0 Å². The van der Waals surface area contributed by atoms with Crippen molar-refractivity contribution in [3.05, 3.63) is 83.6 Å². The summed E-state index contributed by atoms with van der Waals surface area (Å²) in [4.78, 5) is 16.3. The number of hydrogen-bond donors (Lipinski definition) is 2. The monoisotopic (exact) mass is 379 g/mol. The molecule has 2 heterocycles. The van der Waals surface area contributed by atoms with Crippen LogP contribution in [-0.4, -0.2) is 20.5 Å². The molecule has 3 N–H and O–H groups in total. The normalized spacial score (nSPS) is 10.9. The predicted octanol–water partition coefficient (Wildman–Crippen LogP) is 3.19. The molecule has 28 heavy (non-hydrogen) atoms. The van der Waals surface area contributed by atoms with E-state index in [4.69, 9.17) is 5.73 Å². The molecule has 1 amide bonds. The van der Waals surface area contributed by atoms with Crippen LogP contribution in [0.25, 0.3) is 16.8 Å². The summed E-state index contributed by atoms with van der Waals surface area (Å²) in [5.74, 6) is -1.51. The van der Waals surface area contributed by atoms with Crippen molar-refractivity contribution in [2.75, 3.05) is 5.73 Å². The minimum absolute atomic E-state index is 0.0307. The molecule has 0 aliphatic rings. The third-order valence-electron chi connectivity index (χ3n) is 4.28. The number of nitrogen functional groups attached to an aromatic ring is 1. The minimum Gasteiger partial charge on any atom is -0.366 e. The van der Waals surface area contributed by atoms with Crippen molar-refractivity contribution in [3.8, 4) is 11.1 Å². The van der Waals surface area contributed by atoms with Gasteiger partial charge in [-0.2, -0.15) is 4.98 Å². The maximum atomic E-state index is 13.6. The number of benzene rings is 2. The van der Waals surface area contributed by atoms with Gasteiger partial charge in [-0.25, -0.2) is 13.3 Å². The number of aromatic nitrogens is 3. The first-order chi connectivity index (χ1) is 13.5. The molecule has 0 saturated carbocycles. The molecule has 0 radical (unpaired) electrons. The number of halogens is 2. The Hall–Kier alpha value is -3.81.